The van der Waals surface area contributed by atoms with Gasteiger partial charge in [-0.25, -0.2) is 15.0 Å². The maximum absolute atomic E-state index is 13.5. The van der Waals surface area contributed by atoms with Crippen LogP contribution in [0.1, 0.15) is 0 Å². The van der Waals surface area contributed by atoms with Gasteiger partial charge < -0.3 is 4.98 Å². The van der Waals surface area contributed by atoms with Crippen LogP contribution in [0.2, 0.25) is 0 Å². The zero-order valence-electron chi connectivity index (χ0n) is 15.3. The Labute approximate surface area is 172 Å². The summed E-state index contributed by atoms with van der Waals surface area (Å²) in [5.41, 5.74) is 5.69. The van der Waals surface area contributed by atoms with E-state index in [9.17, 15) is 4.39 Å². The Hall–Kier alpha value is -3.98. The minimum Gasteiger partial charge on any atom is -0.335 e. The number of fused-ring (bicyclic) bond motifs is 2. The Bertz CT molecular complexity index is 1520. The quantitative estimate of drug-likeness (QED) is 0.433. The van der Waals surface area contributed by atoms with E-state index >= 15 is 0 Å². The molecule has 2 N–H and O–H groups in total. The van der Waals surface area contributed by atoms with Crippen LogP contribution in [0, 0.1) is 5.13 Å². The van der Waals surface area contributed by atoms with Gasteiger partial charge in [0.05, 0.1) is 22.4 Å². The highest BCUT2D eigenvalue weighted by Crippen LogP contribution is 2.33. The van der Waals surface area contributed by atoms with Crippen LogP contribution >= 0.6 is 11.3 Å². The molecule has 0 radical (unpaired) electrons. The molecule has 0 fully saturated rings. The Morgan fingerprint density at radius 3 is 2.67 bits per heavy atom. The van der Waals surface area contributed by atoms with Crippen molar-refractivity contribution in [1.82, 2.24) is 35.1 Å². The number of H-pyrrole nitrogens is 2. The monoisotopic (exact) mass is 413 g/mol. The van der Waals surface area contributed by atoms with Crippen molar-refractivity contribution in [1.29, 1.82) is 0 Å². The highest BCUT2D eigenvalue weighted by Gasteiger charge is 2.18. The minimum atomic E-state index is -0.237. The number of pyridine rings is 3. The van der Waals surface area contributed by atoms with Gasteiger partial charge >= 0.3 is 0 Å². The molecule has 0 bridgehead atoms. The number of nitrogens with one attached hydrogen (secondary N) is 2. The molecule has 6 aromatic heterocycles. The third kappa shape index (κ3) is 2.67. The van der Waals surface area contributed by atoms with Crippen molar-refractivity contribution in [3.8, 4) is 33.3 Å². The Balaban J connectivity index is 1.52. The highest BCUT2D eigenvalue weighted by atomic mass is 32.1. The van der Waals surface area contributed by atoms with E-state index in [0.29, 0.717) is 22.7 Å². The molecule has 0 unspecified atom stereocenters. The lowest BCUT2D eigenvalue weighted by molar-refractivity contribution is 0.657. The lowest BCUT2D eigenvalue weighted by atomic mass is 10.2. The standard InChI is InChI=1S/C21H12FN7S/c22-16-7-6-15(30-16)11-8-10-24-20-17(11)26-21(27-20)19-18-14(28-29-19)5-4-13(25-18)12-3-1-2-9-23-12/h1-10H,(H,28,29)(H,24,26,27). The van der Waals surface area contributed by atoms with Crippen molar-refractivity contribution >= 4 is 33.5 Å². The molecule has 0 aliphatic heterocycles. The number of thiophene rings is 1. The molecule has 6 heterocycles. The topological polar surface area (TPSA) is 96.0 Å². The molecule has 144 valence electrons. The van der Waals surface area contributed by atoms with Crippen LogP contribution in [0.15, 0.2) is 60.9 Å². The van der Waals surface area contributed by atoms with Gasteiger partial charge in [-0.1, -0.05) is 6.07 Å². The number of hydrogen-bond acceptors (Lipinski definition) is 6. The summed E-state index contributed by atoms with van der Waals surface area (Å²) in [5, 5.41) is 7.18. The van der Waals surface area contributed by atoms with E-state index < -0.39 is 0 Å². The molecule has 0 amide bonds. The smallest absolute Gasteiger partial charge is 0.178 e. The minimum absolute atomic E-state index is 0.237. The first-order chi connectivity index (χ1) is 14.8. The van der Waals surface area contributed by atoms with Gasteiger partial charge in [-0.05, 0) is 42.5 Å². The highest BCUT2D eigenvalue weighted by molar-refractivity contribution is 7.14. The fourth-order valence-electron chi connectivity index (χ4n) is 3.41. The number of aromatic amines is 2. The molecule has 0 aromatic carbocycles. The van der Waals surface area contributed by atoms with Crippen LogP contribution in [0.5, 0.6) is 0 Å². The lowest BCUT2D eigenvalue weighted by Gasteiger charge is -2.00. The number of hydrogen-bond donors (Lipinski definition) is 2. The first-order valence-electron chi connectivity index (χ1n) is 9.13. The van der Waals surface area contributed by atoms with E-state index in [0.717, 1.165) is 44.2 Å². The van der Waals surface area contributed by atoms with Gasteiger partial charge in [0.1, 0.15) is 5.52 Å². The molecule has 9 heteroatoms. The summed E-state index contributed by atoms with van der Waals surface area (Å²) >= 11 is 1.08. The predicted molar refractivity (Wildman–Crippen MR) is 113 cm³/mol. The summed E-state index contributed by atoms with van der Waals surface area (Å²) in [4.78, 5) is 22.2. The molecule has 0 aliphatic rings. The summed E-state index contributed by atoms with van der Waals surface area (Å²) in [6.45, 7) is 0. The average Bonchev–Trinajstić information content (AvgIpc) is 3.51. The number of nitrogens with zero attached hydrogens (tertiary/aromatic N) is 5. The molecular formula is C21H12FN7S. The molecule has 30 heavy (non-hydrogen) atoms. The molecule has 7 nitrogen and oxygen atoms in total. The van der Waals surface area contributed by atoms with Crippen molar-refractivity contribution in [2.75, 3.05) is 0 Å². The van der Waals surface area contributed by atoms with Crippen LogP contribution in [-0.2, 0) is 0 Å². The van der Waals surface area contributed by atoms with Crippen LogP contribution in [0.4, 0.5) is 4.39 Å². The summed E-state index contributed by atoms with van der Waals surface area (Å²) < 4.78 is 13.5. The Kier molecular flexibility index (Phi) is 3.68. The predicted octanol–water partition coefficient (Wildman–Crippen LogP) is 4.83. The van der Waals surface area contributed by atoms with Crippen LogP contribution in [0.3, 0.4) is 0 Å². The van der Waals surface area contributed by atoms with Crippen molar-refractivity contribution < 1.29 is 4.39 Å². The summed E-state index contributed by atoms with van der Waals surface area (Å²) in [7, 11) is 0. The first-order valence-corrected chi connectivity index (χ1v) is 9.95. The molecule has 0 saturated carbocycles. The molecule has 6 aromatic rings. The average molecular weight is 413 g/mol. The second kappa shape index (κ2) is 6.53. The summed E-state index contributed by atoms with van der Waals surface area (Å²) in [5.74, 6) is 0.541. The molecule has 0 spiro atoms. The van der Waals surface area contributed by atoms with Crippen LogP contribution < -0.4 is 0 Å². The summed E-state index contributed by atoms with van der Waals surface area (Å²) in [6.07, 6.45) is 3.40. The molecular weight excluding hydrogens is 401 g/mol. The van der Waals surface area contributed by atoms with E-state index in [4.69, 9.17) is 4.98 Å². The summed E-state index contributed by atoms with van der Waals surface area (Å²) in [6, 6.07) is 14.6. The fraction of sp³-hybridized carbons (Fsp3) is 0. The van der Waals surface area contributed by atoms with E-state index in [1.165, 1.54) is 6.07 Å². The fourth-order valence-corrected chi connectivity index (χ4v) is 4.17. The van der Waals surface area contributed by atoms with Gasteiger partial charge in [-0.3, -0.25) is 10.1 Å². The van der Waals surface area contributed by atoms with Crippen molar-refractivity contribution in [2.45, 2.75) is 0 Å². The van der Waals surface area contributed by atoms with Gasteiger partial charge in [0.25, 0.3) is 0 Å². The molecule has 0 atom stereocenters. The van der Waals surface area contributed by atoms with Crippen molar-refractivity contribution in [3.05, 3.63) is 66.1 Å². The van der Waals surface area contributed by atoms with E-state index in [-0.39, 0.29) is 5.13 Å². The SMILES string of the molecule is Fc1ccc(-c2ccnc3nc(-c4n[nH]c5ccc(-c6ccccn6)nc45)[nH]c23)s1. The zero-order valence-corrected chi connectivity index (χ0v) is 16.1. The number of aromatic nitrogens is 7. The normalized spacial score (nSPS) is 11.5. The van der Waals surface area contributed by atoms with Crippen molar-refractivity contribution in [3.63, 3.8) is 0 Å². The largest absolute Gasteiger partial charge is 0.335 e. The molecule has 0 saturated heterocycles. The first kappa shape index (κ1) is 16.9. The second-order valence-electron chi connectivity index (χ2n) is 6.63. The van der Waals surface area contributed by atoms with Gasteiger partial charge in [0, 0.05) is 22.8 Å². The van der Waals surface area contributed by atoms with E-state index in [1.807, 2.05) is 36.4 Å². The van der Waals surface area contributed by atoms with E-state index in [2.05, 4.69) is 30.1 Å². The van der Waals surface area contributed by atoms with Crippen LogP contribution in [0.25, 0.3) is 55.5 Å². The van der Waals surface area contributed by atoms with Gasteiger partial charge in [-0.2, -0.15) is 9.49 Å². The van der Waals surface area contributed by atoms with E-state index in [1.54, 1.807) is 18.5 Å². The second-order valence-corrected chi connectivity index (χ2v) is 7.66. The third-order valence-electron chi connectivity index (χ3n) is 4.79. The Morgan fingerprint density at radius 1 is 0.867 bits per heavy atom. The van der Waals surface area contributed by atoms with Crippen molar-refractivity contribution in [2.24, 2.45) is 0 Å². The third-order valence-corrected chi connectivity index (χ3v) is 5.70. The molecule has 6 rings (SSSR count). The molecule has 0 aliphatic carbocycles. The number of halogens is 1. The Morgan fingerprint density at radius 2 is 1.83 bits per heavy atom. The van der Waals surface area contributed by atoms with Crippen LogP contribution in [-0.4, -0.2) is 35.1 Å². The van der Waals surface area contributed by atoms with Gasteiger partial charge in [0.15, 0.2) is 22.3 Å². The zero-order chi connectivity index (χ0) is 20.1. The number of rotatable bonds is 3. The maximum Gasteiger partial charge on any atom is 0.178 e. The van der Waals surface area contributed by atoms with Gasteiger partial charge in [-0.15, -0.1) is 11.3 Å². The lowest BCUT2D eigenvalue weighted by Crippen LogP contribution is -1.88. The maximum atomic E-state index is 13.5. The number of imidazole rings is 1. The van der Waals surface area contributed by atoms with Gasteiger partial charge in [0.2, 0.25) is 0 Å².